The predicted octanol–water partition coefficient (Wildman–Crippen LogP) is 3.36. The Hall–Kier alpha value is -3.38. The molecule has 0 radical (unpaired) electrons. The van der Waals surface area contributed by atoms with E-state index in [1.54, 1.807) is 24.3 Å². The number of para-hydroxylation sites is 1. The van der Waals surface area contributed by atoms with Crippen molar-refractivity contribution in [2.75, 3.05) is 13.3 Å². The van der Waals surface area contributed by atoms with Crippen LogP contribution >= 0.6 is 0 Å². The van der Waals surface area contributed by atoms with Crippen molar-refractivity contribution in [1.82, 2.24) is 0 Å². The summed E-state index contributed by atoms with van der Waals surface area (Å²) in [5, 5.41) is 0. The number of allylic oxidation sites excluding steroid dienone is 1. The lowest BCUT2D eigenvalue weighted by Crippen LogP contribution is -2.18. The van der Waals surface area contributed by atoms with Crippen molar-refractivity contribution in [3.8, 4) is 17.2 Å². The van der Waals surface area contributed by atoms with Crippen molar-refractivity contribution in [3.05, 3.63) is 65.2 Å². The van der Waals surface area contributed by atoms with E-state index in [-0.39, 0.29) is 18.5 Å². The van der Waals surface area contributed by atoms with Gasteiger partial charge in [0.2, 0.25) is 6.79 Å². The minimum absolute atomic E-state index is 0.0822. The van der Waals surface area contributed by atoms with Gasteiger partial charge in [-0.2, -0.15) is 0 Å². The third kappa shape index (κ3) is 4.22. The number of carbonyl (C=O) groups excluding carboxylic acids is 2. The second-order valence-electron chi connectivity index (χ2n) is 6.91. The number of benzene rings is 2. The van der Waals surface area contributed by atoms with Gasteiger partial charge in [0.1, 0.15) is 5.75 Å². The molecule has 0 saturated heterocycles. The highest BCUT2D eigenvalue weighted by Gasteiger charge is 2.27. The maximum atomic E-state index is 12.2. The molecule has 2 aromatic rings. The number of hydrogen-bond acceptors (Lipinski definition) is 6. The Kier molecular flexibility index (Phi) is 5.44. The second kappa shape index (κ2) is 8.32. The Morgan fingerprint density at radius 3 is 2.90 bits per heavy atom. The molecule has 148 valence electrons. The first-order valence-corrected chi connectivity index (χ1v) is 9.47. The molecule has 0 bridgehead atoms. The van der Waals surface area contributed by atoms with Gasteiger partial charge in [0.05, 0.1) is 0 Å². The fourth-order valence-electron chi connectivity index (χ4n) is 3.48. The Morgan fingerprint density at radius 2 is 2.07 bits per heavy atom. The first kappa shape index (κ1) is 19.0. The molecule has 1 unspecified atom stereocenters. The third-order valence-corrected chi connectivity index (χ3v) is 4.98. The van der Waals surface area contributed by atoms with Crippen LogP contribution in [0.5, 0.6) is 17.2 Å². The molecule has 2 N–H and O–H groups in total. The highest BCUT2D eigenvalue weighted by atomic mass is 16.7. The zero-order valence-electron chi connectivity index (χ0n) is 15.8. The molecular formula is C23H21NO5. The molecule has 1 saturated carbocycles. The van der Waals surface area contributed by atoms with E-state index in [9.17, 15) is 9.59 Å². The van der Waals surface area contributed by atoms with Gasteiger partial charge in [0.25, 0.3) is 0 Å². The Bertz CT molecular complexity index is 1010. The molecule has 4 rings (SSSR count). The van der Waals surface area contributed by atoms with E-state index in [2.05, 4.69) is 0 Å². The molecule has 0 spiro atoms. The molecule has 1 aliphatic heterocycles. The van der Waals surface area contributed by atoms with Gasteiger partial charge in [-0.05, 0) is 54.3 Å². The molecule has 1 aliphatic carbocycles. The normalized spacial score (nSPS) is 19.3. The lowest BCUT2D eigenvalue weighted by Gasteiger charge is -2.04. The minimum atomic E-state index is -0.508. The van der Waals surface area contributed by atoms with Crippen molar-refractivity contribution in [2.45, 2.75) is 12.8 Å². The number of fused-ring (bicyclic) bond motifs is 1. The first-order chi connectivity index (χ1) is 14.1. The summed E-state index contributed by atoms with van der Waals surface area (Å²) < 4.78 is 16.1. The van der Waals surface area contributed by atoms with E-state index in [1.165, 1.54) is 6.08 Å². The van der Waals surface area contributed by atoms with Crippen LogP contribution in [0.3, 0.4) is 0 Å². The highest BCUT2D eigenvalue weighted by molar-refractivity contribution is 6.03. The van der Waals surface area contributed by atoms with Crippen LogP contribution in [-0.4, -0.2) is 25.1 Å². The SMILES string of the molecule is NCC1CC/C(=C/c2cccc(OC(=O)/C=C/c3cccc4c3OCO4)c2)C1=O. The molecule has 0 aromatic heterocycles. The Morgan fingerprint density at radius 1 is 1.21 bits per heavy atom. The van der Waals surface area contributed by atoms with E-state index >= 15 is 0 Å². The van der Waals surface area contributed by atoms with Crippen LogP contribution in [-0.2, 0) is 9.59 Å². The maximum Gasteiger partial charge on any atom is 0.336 e. The van der Waals surface area contributed by atoms with E-state index in [4.69, 9.17) is 19.9 Å². The molecule has 1 fully saturated rings. The second-order valence-corrected chi connectivity index (χ2v) is 6.91. The molecular weight excluding hydrogens is 370 g/mol. The topological polar surface area (TPSA) is 87.8 Å². The first-order valence-electron chi connectivity index (χ1n) is 9.47. The molecule has 2 aliphatic rings. The minimum Gasteiger partial charge on any atom is -0.454 e. The summed E-state index contributed by atoms with van der Waals surface area (Å²) in [5.74, 6) is 1.20. The average molecular weight is 391 g/mol. The molecule has 1 atom stereocenters. The van der Waals surface area contributed by atoms with Gasteiger partial charge in [-0.3, -0.25) is 4.79 Å². The monoisotopic (exact) mass is 391 g/mol. The van der Waals surface area contributed by atoms with Gasteiger partial charge < -0.3 is 19.9 Å². The molecule has 6 nitrogen and oxygen atoms in total. The van der Waals surface area contributed by atoms with Gasteiger partial charge in [-0.25, -0.2) is 4.79 Å². The number of ketones is 1. The van der Waals surface area contributed by atoms with E-state index in [0.717, 1.165) is 29.5 Å². The van der Waals surface area contributed by atoms with Crippen LogP contribution in [0.4, 0.5) is 0 Å². The smallest absolute Gasteiger partial charge is 0.336 e. The summed E-state index contributed by atoms with van der Waals surface area (Å²) in [6.07, 6.45) is 6.33. The lowest BCUT2D eigenvalue weighted by molar-refractivity contribution is -0.128. The third-order valence-electron chi connectivity index (χ3n) is 4.98. The number of nitrogens with two attached hydrogens (primary N) is 1. The van der Waals surface area contributed by atoms with Gasteiger partial charge in [-0.15, -0.1) is 0 Å². The van der Waals surface area contributed by atoms with Gasteiger partial charge in [-0.1, -0.05) is 24.3 Å². The number of Topliss-reactive ketones (excluding diaryl/α,β-unsaturated/α-hetero) is 1. The van der Waals surface area contributed by atoms with Crippen LogP contribution in [0.25, 0.3) is 12.2 Å². The Labute approximate surface area is 168 Å². The average Bonchev–Trinajstić information content (AvgIpc) is 3.34. The molecule has 2 aromatic carbocycles. The van der Waals surface area contributed by atoms with Crippen molar-refractivity contribution in [1.29, 1.82) is 0 Å². The summed E-state index contributed by atoms with van der Waals surface area (Å²) >= 11 is 0. The number of esters is 1. The van der Waals surface area contributed by atoms with E-state index < -0.39 is 5.97 Å². The van der Waals surface area contributed by atoms with Crippen molar-refractivity contribution in [3.63, 3.8) is 0 Å². The van der Waals surface area contributed by atoms with Crippen LogP contribution in [0, 0.1) is 5.92 Å². The number of carbonyl (C=O) groups is 2. The number of ether oxygens (including phenoxy) is 3. The largest absolute Gasteiger partial charge is 0.454 e. The highest BCUT2D eigenvalue weighted by Crippen LogP contribution is 2.36. The molecule has 6 heteroatoms. The van der Waals surface area contributed by atoms with Crippen molar-refractivity contribution in [2.24, 2.45) is 11.7 Å². The summed E-state index contributed by atoms with van der Waals surface area (Å²) in [4.78, 5) is 24.5. The van der Waals surface area contributed by atoms with E-state index in [1.807, 2.05) is 30.3 Å². The quantitative estimate of drug-likeness (QED) is 0.478. The summed E-state index contributed by atoms with van der Waals surface area (Å²) in [6, 6.07) is 12.6. The fourth-order valence-corrected chi connectivity index (χ4v) is 3.48. The van der Waals surface area contributed by atoms with Gasteiger partial charge in [0, 0.05) is 24.1 Å². The van der Waals surface area contributed by atoms with E-state index in [0.29, 0.717) is 23.8 Å². The summed E-state index contributed by atoms with van der Waals surface area (Å²) in [6.45, 7) is 0.545. The van der Waals surface area contributed by atoms with Crippen LogP contribution in [0.15, 0.2) is 54.1 Å². The van der Waals surface area contributed by atoms with Gasteiger partial charge in [0.15, 0.2) is 17.3 Å². The lowest BCUT2D eigenvalue weighted by atomic mass is 10.1. The van der Waals surface area contributed by atoms with Gasteiger partial charge >= 0.3 is 5.97 Å². The Balaban J connectivity index is 1.44. The summed E-state index contributed by atoms with van der Waals surface area (Å²) in [5.41, 5.74) is 7.95. The molecule has 1 heterocycles. The van der Waals surface area contributed by atoms with Crippen molar-refractivity contribution < 1.29 is 23.8 Å². The zero-order valence-corrected chi connectivity index (χ0v) is 15.8. The predicted molar refractivity (Wildman–Crippen MR) is 108 cm³/mol. The number of hydrogen-bond donors (Lipinski definition) is 1. The zero-order chi connectivity index (χ0) is 20.2. The molecule has 29 heavy (non-hydrogen) atoms. The van der Waals surface area contributed by atoms with Crippen LogP contribution in [0.2, 0.25) is 0 Å². The summed E-state index contributed by atoms with van der Waals surface area (Å²) in [7, 11) is 0. The van der Waals surface area contributed by atoms with Crippen LogP contribution < -0.4 is 19.9 Å². The number of rotatable bonds is 5. The van der Waals surface area contributed by atoms with Crippen molar-refractivity contribution >= 4 is 23.9 Å². The molecule has 0 amide bonds. The maximum absolute atomic E-state index is 12.2. The standard InChI is InChI=1S/C23H21NO5/c24-13-18-8-7-17(22(18)26)11-15-3-1-5-19(12-15)29-21(25)10-9-16-4-2-6-20-23(16)28-14-27-20/h1-6,9-12,18H,7-8,13-14,24H2/b10-9+,17-11-. The fraction of sp³-hybridized carbons (Fsp3) is 0.217. The van der Waals surface area contributed by atoms with Crippen LogP contribution in [0.1, 0.15) is 24.0 Å².